The van der Waals surface area contributed by atoms with Crippen molar-refractivity contribution in [2.24, 2.45) is 0 Å². The van der Waals surface area contributed by atoms with Crippen LogP contribution in [0.4, 0.5) is 0 Å². The second-order valence-corrected chi connectivity index (χ2v) is 3.01. The molecule has 0 rings (SSSR count). The average Bonchev–Trinajstić information content (AvgIpc) is 1.89. The lowest BCUT2D eigenvalue weighted by atomic mass is 10.3. The molecule has 0 radical (unpaired) electrons. The Morgan fingerprint density at radius 1 is 1.70 bits per heavy atom. The van der Waals surface area contributed by atoms with Crippen LogP contribution < -0.4 is 0 Å². The van der Waals surface area contributed by atoms with Gasteiger partial charge in [-0.1, -0.05) is 24.9 Å². The van der Waals surface area contributed by atoms with Crippen molar-refractivity contribution in [3.63, 3.8) is 0 Å². The lowest BCUT2D eigenvalue weighted by Crippen LogP contribution is -1.97. The first-order chi connectivity index (χ1) is 4.72. The molecule has 0 aliphatic heterocycles. The van der Waals surface area contributed by atoms with Gasteiger partial charge in [0.25, 0.3) is 0 Å². The van der Waals surface area contributed by atoms with Gasteiger partial charge in [0.15, 0.2) is 5.78 Å². The maximum atomic E-state index is 10.9. The van der Waals surface area contributed by atoms with Gasteiger partial charge in [-0.15, -0.1) is 11.6 Å². The topological polar surface area (TPSA) is 17.1 Å². The average molecular weight is 177 g/mol. The van der Waals surface area contributed by atoms with Gasteiger partial charge in [0, 0.05) is 17.2 Å². The Balaban J connectivity index is 3.70. The first kappa shape index (κ1) is 9.79. The molecule has 0 aliphatic carbocycles. The summed E-state index contributed by atoms with van der Waals surface area (Å²) in [7, 11) is 0. The quantitative estimate of drug-likeness (QED) is 0.473. The summed E-state index contributed by atoms with van der Waals surface area (Å²) in [5.41, 5.74) is 0. The van der Waals surface area contributed by atoms with E-state index in [-0.39, 0.29) is 5.78 Å². The van der Waals surface area contributed by atoms with Gasteiger partial charge < -0.3 is 0 Å². The normalized spacial score (nSPS) is 8.90. The van der Waals surface area contributed by atoms with E-state index in [0.717, 1.165) is 0 Å². The Labute approximate surface area is 70.1 Å². The van der Waals surface area contributed by atoms with E-state index < -0.39 is 0 Å². The van der Waals surface area contributed by atoms with Crippen molar-refractivity contribution in [2.45, 2.75) is 6.42 Å². The molecule has 0 aliphatic rings. The minimum absolute atomic E-state index is 0.0000926. The fourth-order valence-electron chi connectivity index (χ4n) is 0.392. The lowest BCUT2D eigenvalue weighted by Gasteiger charge is -1.96. The SMILES string of the molecule is C=CSC(=C)C(=O)CCCl. The highest BCUT2D eigenvalue weighted by Gasteiger charge is 2.03. The monoisotopic (exact) mass is 176 g/mol. The van der Waals surface area contributed by atoms with Gasteiger partial charge in [-0.05, 0) is 5.41 Å². The predicted octanol–water partition coefficient (Wildman–Crippen LogP) is 2.57. The molecule has 1 nitrogen and oxygen atoms in total. The molecule has 0 spiro atoms. The Kier molecular flexibility index (Phi) is 5.45. The van der Waals surface area contributed by atoms with Crippen LogP contribution in [0.25, 0.3) is 0 Å². The van der Waals surface area contributed by atoms with E-state index in [0.29, 0.717) is 17.2 Å². The van der Waals surface area contributed by atoms with Gasteiger partial charge in [-0.3, -0.25) is 4.79 Å². The zero-order valence-corrected chi connectivity index (χ0v) is 7.17. The third kappa shape index (κ3) is 3.75. The third-order valence-electron chi connectivity index (χ3n) is 0.858. The number of rotatable bonds is 5. The number of Topliss-reactive ketones (excluding diaryl/α,β-unsaturated/α-hetero) is 1. The van der Waals surface area contributed by atoms with Crippen LogP contribution in [0.1, 0.15) is 6.42 Å². The first-order valence-electron chi connectivity index (χ1n) is 2.78. The largest absolute Gasteiger partial charge is 0.294 e. The Morgan fingerprint density at radius 2 is 2.30 bits per heavy atom. The fraction of sp³-hybridized carbons (Fsp3) is 0.286. The van der Waals surface area contributed by atoms with Crippen LogP contribution in [-0.2, 0) is 4.79 Å². The molecule has 0 aromatic rings. The minimum Gasteiger partial charge on any atom is -0.294 e. The van der Waals surface area contributed by atoms with E-state index in [1.807, 2.05) is 0 Å². The fourth-order valence-corrected chi connectivity index (χ4v) is 0.998. The first-order valence-corrected chi connectivity index (χ1v) is 4.19. The van der Waals surface area contributed by atoms with Gasteiger partial charge in [-0.25, -0.2) is 0 Å². The van der Waals surface area contributed by atoms with Crippen LogP contribution in [0, 0.1) is 0 Å². The molecule has 0 heterocycles. The van der Waals surface area contributed by atoms with Crippen LogP contribution in [0.2, 0.25) is 0 Å². The number of carbonyl (C=O) groups excluding carboxylic acids is 1. The summed E-state index contributed by atoms with van der Waals surface area (Å²) in [5.74, 6) is 0.357. The highest BCUT2D eigenvalue weighted by atomic mass is 35.5. The molecule has 3 heteroatoms. The molecule has 0 aromatic carbocycles. The van der Waals surface area contributed by atoms with Gasteiger partial charge in [-0.2, -0.15) is 0 Å². The highest BCUT2D eigenvalue weighted by Crippen LogP contribution is 2.15. The van der Waals surface area contributed by atoms with Crippen molar-refractivity contribution in [3.8, 4) is 0 Å². The molecular formula is C7H9ClOS. The van der Waals surface area contributed by atoms with Crippen molar-refractivity contribution >= 4 is 29.1 Å². The summed E-state index contributed by atoms with van der Waals surface area (Å²) < 4.78 is 0. The molecule has 0 amide bonds. The second kappa shape index (κ2) is 5.57. The molecule has 0 N–H and O–H groups in total. The van der Waals surface area contributed by atoms with Gasteiger partial charge in [0.2, 0.25) is 0 Å². The Bertz CT molecular complexity index is 154. The number of thioether (sulfide) groups is 1. The number of carbonyl (C=O) groups is 1. The van der Waals surface area contributed by atoms with Crippen LogP contribution in [-0.4, -0.2) is 11.7 Å². The number of alkyl halides is 1. The van der Waals surface area contributed by atoms with Crippen molar-refractivity contribution < 1.29 is 4.79 Å². The van der Waals surface area contributed by atoms with Crippen molar-refractivity contribution in [2.75, 3.05) is 5.88 Å². The van der Waals surface area contributed by atoms with Crippen LogP contribution >= 0.6 is 23.4 Å². The summed E-state index contributed by atoms with van der Waals surface area (Å²) >= 11 is 6.58. The number of ketones is 1. The standard InChI is InChI=1S/C7H9ClOS/c1-3-10-6(2)7(9)4-5-8/h3H,1-2,4-5H2. The Morgan fingerprint density at radius 3 is 2.70 bits per heavy atom. The number of allylic oxidation sites excluding steroid dienone is 1. The van der Waals surface area contributed by atoms with Crippen molar-refractivity contribution in [1.29, 1.82) is 0 Å². The number of hydrogen-bond acceptors (Lipinski definition) is 2. The minimum atomic E-state index is -0.0000926. The molecule has 56 valence electrons. The summed E-state index contributed by atoms with van der Waals surface area (Å²) in [6.07, 6.45) is 0.362. The number of halogens is 1. The summed E-state index contributed by atoms with van der Waals surface area (Å²) in [6.45, 7) is 7.01. The zero-order chi connectivity index (χ0) is 7.98. The molecule has 0 atom stereocenters. The maximum Gasteiger partial charge on any atom is 0.170 e. The summed E-state index contributed by atoms with van der Waals surface area (Å²) in [4.78, 5) is 11.4. The predicted molar refractivity (Wildman–Crippen MR) is 47.3 cm³/mol. The molecule has 10 heavy (non-hydrogen) atoms. The van der Waals surface area contributed by atoms with Crippen molar-refractivity contribution in [3.05, 3.63) is 23.5 Å². The van der Waals surface area contributed by atoms with E-state index in [9.17, 15) is 4.79 Å². The lowest BCUT2D eigenvalue weighted by molar-refractivity contribution is -0.114. The van der Waals surface area contributed by atoms with Crippen LogP contribution in [0.3, 0.4) is 0 Å². The molecule has 0 bridgehead atoms. The molecule has 0 fully saturated rings. The second-order valence-electron chi connectivity index (χ2n) is 1.57. The molecule has 0 unspecified atom stereocenters. The number of hydrogen-bond donors (Lipinski definition) is 0. The van der Waals surface area contributed by atoms with Gasteiger partial charge in [0.05, 0.1) is 0 Å². The maximum absolute atomic E-state index is 10.9. The van der Waals surface area contributed by atoms with Gasteiger partial charge >= 0.3 is 0 Å². The summed E-state index contributed by atoms with van der Waals surface area (Å²) in [5, 5.41) is 1.58. The molecular weight excluding hydrogens is 168 g/mol. The van der Waals surface area contributed by atoms with Crippen LogP contribution in [0.15, 0.2) is 23.5 Å². The van der Waals surface area contributed by atoms with Crippen LogP contribution in [0.5, 0.6) is 0 Å². The molecule has 0 saturated carbocycles. The highest BCUT2D eigenvalue weighted by molar-refractivity contribution is 8.06. The van der Waals surface area contributed by atoms with E-state index in [4.69, 9.17) is 11.6 Å². The van der Waals surface area contributed by atoms with E-state index >= 15 is 0 Å². The smallest absolute Gasteiger partial charge is 0.170 e. The summed E-state index contributed by atoms with van der Waals surface area (Å²) in [6, 6.07) is 0. The third-order valence-corrected chi connectivity index (χ3v) is 1.73. The Hall–Kier alpha value is -0.210. The zero-order valence-electron chi connectivity index (χ0n) is 5.60. The van der Waals surface area contributed by atoms with E-state index in [2.05, 4.69) is 13.2 Å². The van der Waals surface area contributed by atoms with E-state index in [1.54, 1.807) is 5.41 Å². The molecule has 0 saturated heterocycles. The van der Waals surface area contributed by atoms with E-state index in [1.165, 1.54) is 11.8 Å². The van der Waals surface area contributed by atoms with Crippen molar-refractivity contribution in [1.82, 2.24) is 0 Å². The molecule has 0 aromatic heterocycles. The van der Waals surface area contributed by atoms with Gasteiger partial charge in [0.1, 0.15) is 0 Å².